The van der Waals surface area contributed by atoms with E-state index in [1.54, 1.807) is 0 Å². The van der Waals surface area contributed by atoms with Crippen LogP contribution in [0.1, 0.15) is 31.2 Å². The van der Waals surface area contributed by atoms with E-state index in [9.17, 15) is 4.79 Å². The molecule has 2 aromatic carbocycles. The molecule has 0 aliphatic carbocycles. The van der Waals surface area contributed by atoms with E-state index in [0.29, 0.717) is 5.95 Å². The van der Waals surface area contributed by atoms with E-state index < -0.39 is 0 Å². The standard InChI is InChI=1S/C18H19N3O/c1-2-8-14(13-9-4-3-5-10-13)17(22)21-18-19-15-11-6-7-12-16(15)20-18/h3-7,9-12,14H,2,8H2,1H3,(H2,19,20,21,22)/t14-/m1/s1. The summed E-state index contributed by atoms with van der Waals surface area (Å²) in [6, 6.07) is 17.6. The van der Waals surface area contributed by atoms with Gasteiger partial charge in [-0.05, 0) is 24.1 Å². The lowest BCUT2D eigenvalue weighted by Crippen LogP contribution is -2.21. The number of fused-ring (bicyclic) bond motifs is 1. The number of nitrogens with zero attached hydrogens (tertiary/aromatic N) is 1. The number of H-pyrrole nitrogens is 1. The highest BCUT2D eigenvalue weighted by Crippen LogP contribution is 2.23. The Bertz CT molecular complexity index is 731. The summed E-state index contributed by atoms with van der Waals surface area (Å²) in [5.74, 6) is 0.328. The first kappa shape index (κ1) is 14.3. The van der Waals surface area contributed by atoms with Crippen molar-refractivity contribution >= 4 is 22.9 Å². The van der Waals surface area contributed by atoms with Gasteiger partial charge in [0.1, 0.15) is 0 Å². The van der Waals surface area contributed by atoms with E-state index in [4.69, 9.17) is 0 Å². The minimum Gasteiger partial charge on any atom is -0.324 e. The fourth-order valence-corrected chi connectivity index (χ4v) is 2.64. The van der Waals surface area contributed by atoms with Crippen LogP contribution in [0.5, 0.6) is 0 Å². The van der Waals surface area contributed by atoms with Gasteiger partial charge in [-0.3, -0.25) is 10.1 Å². The number of carbonyl (C=O) groups is 1. The molecule has 4 heteroatoms. The molecular formula is C18H19N3O. The number of aromatic nitrogens is 2. The minimum absolute atomic E-state index is 0.0212. The molecular weight excluding hydrogens is 274 g/mol. The Labute approximate surface area is 129 Å². The summed E-state index contributed by atoms with van der Waals surface area (Å²) in [5.41, 5.74) is 2.81. The van der Waals surface area contributed by atoms with Crippen LogP contribution in [0.4, 0.5) is 5.95 Å². The summed E-state index contributed by atoms with van der Waals surface area (Å²) in [6.07, 6.45) is 1.77. The van der Waals surface area contributed by atoms with Gasteiger partial charge < -0.3 is 4.98 Å². The van der Waals surface area contributed by atoms with Crippen LogP contribution in [-0.4, -0.2) is 15.9 Å². The predicted molar refractivity (Wildman–Crippen MR) is 88.8 cm³/mol. The number of amides is 1. The smallest absolute Gasteiger partial charge is 0.234 e. The number of nitrogens with one attached hydrogen (secondary N) is 2. The third-order valence-corrected chi connectivity index (χ3v) is 3.73. The van der Waals surface area contributed by atoms with Crippen LogP contribution < -0.4 is 5.32 Å². The van der Waals surface area contributed by atoms with E-state index in [1.807, 2.05) is 54.6 Å². The van der Waals surface area contributed by atoms with E-state index in [-0.39, 0.29) is 11.8 Å². The molecule has 0 radical (unpaired) electrons. The third-order valence-electron chi connectivity index (χ3n) is 3.73. The molecule has 0 saturated heterocycles. The van der Waals surface area contributed by atoms with Gasteiger partial charge in [-0.25, -0.2) is 4.98 Å². The number of imidazole rings is 1. The molecule has 22 heavy (non-hydrogen) atoms. The Hall–Kier alpha value is -2.62. The summed E-state index contributed by atoms with van der Waals surface area (Å²) < 4.78 is 0. The zero-order valence-corrected chi connectivity index (χ0v) is 12.5. The number of para-hydroxylation sites is 2. The number of rotatable bonds is 5. The number of anilines is 1. The van der Waals surface area contributed by atoms with Crippen molar-refractivity contribution in [1.82, 2.24) is 9.97 Å². The van der Waals surface area contributed by atoms with Gasteiger partial charge in [0, 0.05) is 0 Å². The highest BCUT2D eigenvalue weighted by Gasteiger charge is 2.20. The maximum absolute atomic E-state index is 12.6. The molecule has 3 aromatic rings. The van der Waals surface area contributed by atoms with E-state index >= 15 is 0 Å². The van der Waals surface area contributed by atoms with Crippen LogP contribution in [-0.2, 0) is 4.79 Å². The van der Waals surface area contributed by atoms with Crippen LogP contribution in [0.2, 0.25) is 0 Å². The average molecular weight is 293 g/mol. The first-order valence-electron chi connectivity index (χ1n) is 7.58. The van der Waals surface area contributed by atoms with Crippen LogP contribution in [0.15, 0.2) is 54.6 Å². The zero-order valence-electron chi connectivity index (χ0n) is 12.5. The highest BCUT2D eigenvalue weighted by molar-refractivity contribution is 5.95. The lowest BCUT2D eigenvalue weighted by atomic mass is 9.94. The number of hydrogen-bond donors (Lipinski definition) is 2. The first-order valence-corrected chi connectivity index (χ1v) is 7.58. The van der Waals surface area contributed by atoms with Gasteiger partial charge in [0.05, 0.1) is 17.0 Å². The molecule has 4 nitrogen and oxygen atoms in total. The molecule has 0 aliphatic heterocycles. The molecule has 1 amide bonds. The number of hydrogen-bond acceptors (Lipinski definition) is 2. The van der Waals surface area contributed by atoms with Crippen molar-refractivity contribution in [3.05, 3.63) is 60.2 Å². The van der Waals surface area contributed by atoms with Crippen molar-refractivity contribution in [3.8, 4) is 0 Å². The third kappa shape index (κ3) is 3.01. The second-order valence-corrected chi connectivity index (χ2v) is 5.34. The molecule has 1 aromatic heterocycles. The van der Waals surface area contributed by atoms with Gasteiger partial charge in [-0.15, -0.1) is 0 Å². The van der Waals surface area contributed by atoms with Crippen molar-refractivity contribution in [2.75, 3.05) is 5.32 Å². The van der Waals surface area contributed by atoms with Crippen LogP contribution >= 0.6 is 0 Å². The Morgan fingerprint density at radius 2 is 1.86 bits per heavy atom. The van der Waals surface area contributed by atoms with E-state index in [1.165, 1.54) is 0 Å². The van der Waals surface area contributed by atoms with E-state index in [2.05, 4.69) is 22.2 Å². The summed E-state index contributed by atoms with van der Waals surface area (Å²) >= 11 is 0. The molecule has 0 spiro atoms. The first-order chi connectivity index (χ1) is 10.8. The Morgan fingerprint density at radius 1 is 1.14 bits per heavy atom. The van der Waals surface area contributed by atoms with Crippen molar-refractivity contribution in [2.24, 2.45) is 0 Å². The lowest BCUT2D eigenvalue weighted by molar-refractivity contribution is -0.117. The van der Waals surface area contributed by atoms with Gasteiger partial charge in [-0.1, -0.05) is 55.8 Å². The molecule has 0 fully saturated rings. The zero-order chi connectivity index (χ0) is 15.4. The average Bonchev–Trinajstić information content (AvgIpc) is 2.95. The molecule has 112 valence electrons. The maximum atomic E-state index is 12.6. The quantitative estimate of drug-likeness (QED) is 0.744. The molecule has 3 rings (SSSR count). The van der Waals surface area contributed by atoms with Crippen LogP contribution in [0, 0.1) is 0 Å². The monoisotopic (exact) mass is 293 g/mol. The molecule has 0 aliphatic rings. The minimum atomic E-state index is -0.153. The summed E-state index contributed by atoms with van der Waals surface area (Å²) in [7, 11) is 0. The summed E-state index contributed by atoms with van der Waals surface area (Å²) in [5, 5.41) is 2.91. The fraction of sp³-hybridized carbons (Fsp3) is 0.222. The van der Waals surface area contributed by atoms with Crippen molar-refractivity contribution in [3.63, 3.8) is 0 Å². The summed E-state index contributed by atoms with van der Waals surface area (Å²) in [4.78, 5) is 20.1. The molecule has 2 N–H and O–H groups in total. The number of aromatic amines is 1. The van der Waals surface area contributed by atoms with E-state index in [0.717, 1.165) is 29.4 Å². The number of carbonyl (C=O) groups excluding carboxylic acids is 1. The SMILES string of the molecule is CCC[C@@H](C(=O)Nc1nc2ccccc2[nH]1)c1ccccc1. The normalized spacial score (nSPS) is 12.2. The Morgan fingerprint density at radius 3 is 2.59 bits per heavy atom. The number of benzene rings is 2. The molecule has 0 unspecified atom stereocenters. The van der Waals surface area contributed by atoms with Gasteiger partial charge in [0.15, 0.2) is 0 Å². The topological polar surface area (TPSA) is 57.8 Å². The summed E-state index contributed by atoms with van der Waals surface area (Å²) in [6.45, 7) is 2.09. The predicted octanol–water partition coefficient (Wildman–Crippen LogP) is 4.09. The maximum Gasteiger partial charge on any atom is 0.234 e. The second-order valence-electron chi connectivity index (χ2n) is 5.34. The van der Waals surface area contributed by atoms with Gasteiger partial charge in [0.25, 0.3) is 0 Å². The molecule has 1 heterocycles. The molecule has 0 bridgehead atoms. The highest BCUT2D eigenvalue weighted by atomic mass is 16.2. The van der Waals surface area contributed by atoms with Crippen LogP contribution in [0.25, 0.3) is 11.0 Å². The van der Waals surface area contributed by atoms with Crippen molar-refractivity contribution < 1.29 is 4.79 Å². The van der Waals surface area contributed by atoms with Gasteiger partial charge in [-0.2, -0.15) is 0 Å². The lowest BCUT2D eigenvalue weighted by Gasteiger charge is -2.15. The molecule has 1 atom stereocenters. The van der Waals surface area contributed by atoms with Gasteiger partial charge in [0.2, 0.25) is 11.9 Å². The fourth-order valence-electron chi connectivity index (χ4n) is 2.64. The van der Waals surface area contributed by atoms with Crippen molar-refractivity contribution in [2.45, 2.75) is 25.7 Å². The second kappa shape index (κ2) is 6.43. The largest absolute Gasteiger partial charge is 0.324 e. The van der Waals surface area contributed by atoms with Crippen LogP contribution in [0.3, 0.4) is 0 Å². The van der Waals surface area contributed by atoms with Crippen molar-refractivity contribution in [1.29, 1.82) is 0 Å². The Balaban J connectivity index is 1.81. The molecule has 0 saturated carbocycles. The van der Waals surface area contributed by atoms with Gasteiger partial charge >= 0.3 is 0 Å². The Kier molecular flexibility index (Phi) is 4.19.